The number of amides is 1. The van der Waals surface area contributed by atoms with E-state index in [4.69, 9.17) is 9.68 Å². The SMILES string of the molecule is Cc1occc1C(=O)N(Cc1ccc(C#N)cc1)C(C)C. The first-order chi connectivity index (χ1) is 10.0. The fraction of sp³-hybridized carbons (Fsp3) is 0.294. The van der Waals surface area contributed by atoms with E-state index in [1.54, 1.807) is 30.0 Å². The molecule has 0 aliphatic carbocycles. The predicted octanol–water partition coefficient (Wildman–Crippen LogP) is 3.51. The number of carbonyl (C=O) groups is 1. The van der Waals surface area contributed by atoms with Crippen LogP contribution in [-0.4, -0.2) is 16.8 Å². The molecule has 1 heterocycles. The summed E-state index contributed by atoms with van der Waals surface area (Å²) in [6.07, 6.45) is 1.53. The van der Waals surface area contributed by atoms with Crippen molar-refractivity contribution in [3.63, 3.8) is 0 Å². The van der Waals surface area contributed by atoms with Crippen molar-refractivity contribution >= 4 is 5.91 Å². The van der Waals surface area contributed by atoms with E-state index < -0.39 is 0 Å². The molecule has 0 bridgehead atoms. The van der Waals surface area contributed by atoms with Gasteiger partial charge in [0.25, 0.3) is 5.91 Å². The van der Waals surface area contributed by atoms with E-state index in [-0.39, 0.29) is 11.9 Å². The quantitative estimate of drug-likeness (QED) is 0.862. The second kappa shape index (κ2) is 6.27. The Morgan fingerprint density at radius 1 is 1.29 bits per heavy atom. The van der Waals surface area contributed by atoms with Crippen LogP contribution in [-0.2, 0) is 6.54 Å². The van der Waals surface area contributed by atoms with Gasteiger partial charge in [0.05, 0.1) is 23.5 Å². The Kier molecular flexibility index (Phi) is 4.44. The van der Waals surface area contributed by atoms with Crippen LogP contribution < -0.4 is 0 Å². The molecule has 21 heavy (non-hydrogen) atoms. The van der Waals surface area contributed by atoms with Gasteiger partial charge in [-0.2, -0.15) is 5.26 Å². The van der Waals surface area contributed by atoms with Crippen LogP contribution in [0.2, 0.25) is 0 Å². The summed E-state index contributed by atoms with van der Waals surface area (Å²) in [7, 11) is 0. The lowest BCUT2D eigenvalue weighted by Crippen LogP contribution is -2.36. The first kappa shape index (κ1) is 14.9. The minimum Gasteiger partial charge on any atom is -0.469 e. The maximum atomic E-state index is 12.6. The van der Waals surface area contributed by atoms with E-state index in [2.05, 4.69) is 6.07 Å². The monoisotopic (exact) mass is 282 g/mol. The van der Waals surface area contributed by atoms with Gasteiger partial charge in [0.15, 0.2) is 0 Å². The van der Waals surface area contributed by atoms with Crippen molar-refractivity contribution in [3.8, 4) is 6.07 Å². The Balaban J connectivity index is 2.21. The molecule has 0 saturated heterocycles. The van der Waals surface area contributed by atoms with Gasteiger partial charge < -0.3 is 9.32 Å². The summed E-state index contributed by atoms with van der Waals surface area (Å²) in [6.45, 7) is 6.26. The molecule has 1 aromatic carbocycles. The zero-order chi connectivity index (χ0) is 15.4. The molecule has 108 valence electrons. The average molecular weight is 282 g/mol. The molecular formula is C17H18N2O2. The number of hydrogen-bond donors (Lipinski definition) is 0. The molecule has 4 nitrogen and oxygen atoms in total. The lowest BCUT2D eigenvalue weighted by Gasteiger charge is -2.26. The van der Waals surface area contributed by atoms with Gasteiger partial charge in [-0.1, -0.05) is 12.1 Å². The van der Waals surface area contributed by atoms with Crippen LogP contribution in [0.25, 0.3) is 0 Å². The summed E-state index contributed by atoms with van der Waals surface area (Å²) >= 11 is 0. The lowest BCUT2D eigenvalue weighted by atomic mass is 10.1. The number of furan rings is 1. The van der Waals surface area contributed by atoms with Gasteiger partial charge in [-0.25, -0.2) is 0 Å². The Hall–Kier alpha value is -2.54. The Morgan fingerprint density at radius 2 is 1.95 bits per heavy atom. The Morgan fingerprint density at radius 3 is 2.43 bits per heavy atom. The molecule has 1 aromatic heterocycles. The second-order valence-corrected chi connectivity index (χ2v) is 5.23. The molecule has 4 heteroatoms. The van der Waals surface area contributed by atoms with Gasteiger partial charge in [0, 0.05) is 12.6 Å². The lowest BCUT2D eigenvalue weighted by molar-refractivity contribution is 0.0688. The first-order valence-corrected chi connectivity index (χ1v) is 6.87. The zero-order valence-corrected chi connectivity index (χ0v) is 12.5. The molecule has 0 radical (unpaired) electrons. The molecule has 0 spiro atoms. The highest BCUT2D eigenvalue weighted by Gasteiger charge is 2.21. The molecule has 0 aliphatic heterocycles. The minimum absolute atomic E-state index is 0.0411. The maximum Gasteiger partial charge on any atom is 0.257 e. The molecule has 0 atom stereocenters. The third kappa shape index (κ3) is 3.32. The second-order valence-electron chi connectivity index (χ2n) is 5.23. The van der Waals surface area contributed by atoms with Crippen LogP contribution >= 0.6 is 0 Å². The number of carbonyl (C=O) groups excluding carboxylic acids is 1. The van der Waals surface area contributed by atoms with Crippen molar-refractivity contribution in [2.24, 2.45) is 0 Å². The predicted molar refractivity (Wildman–Crippen MR) is 79.6 cm³/mol. The van der Waals surface area contributed by atoms with Gasteiger partial charge in [-0.05, 0) is 44.5 Å². The molecule has 0 unspecified atom stereocenters. The zero-order valence-electron chi connectivity index (χ0n) is 12.5. The summed E-state index contributed by atoms with van der Waals surface area (Å²) in [5.74, 6) is 0.589. The van der Waals surface area contributed by atoms with Crippen molar-refractivity contribution in [1.29, 1.82) is 5.26 Å². The van der Waals surface area contributed by atoms with E-state index in [0.29, 0.717) is 23.4 Å². The fourth-order valence-corrected chi connectivity index (χ4v) is 2.13. The molecule has 0 N–H and O–H groups in total. The average Bonchev–Trinajstić information content (AvgIpc) is 2.90. The number of aryl methyl sites for hydroxylation is 1. The smallest absolute Gasteiger partial charge is 0.257 e. The number of benzene rings is 1. The van der Waals surface area contributed by atoms with Crippen LogP contribution in [0.5, 0.6) is 0 Å². The first-order valence-electron chi connectivity index (χ1n) is 6.87. The van der Waals surface area contributed by atoms with Gasteiger partial charge in [-0.15, -0.1) is 0 Å². The van der Waals surface area contributed by atoms with Crippen LogP contribution in [0.15, 0.2) is 41.0 Å². The molecule has 0 aliphatic rings. The molecule has 1 amide bonds. The third-order valence-corrected chi connectivity index (χ3v) is 3.41. The highest BCUT2D eigenvalue weighted by molar-refractivity contribution is 5.95. The largest absolute Gasteiger partial charge is 0.469 e. The number of rotatable bonds is 4. The van der Waals surface area contributed by atoms with Gasteiger partial charge in [-0.3, -0.25) is 4.79 Å². The summed E-state index contributed by atoms with van der Waals surface area (Å²) in [6, 6.07) is 11.1. The normalized spacial score (nSPS) is 10.4. The van der Waals surface area contributed by atoms with Gasteiger partial charge in [0.2, 0.25) is 0 Å². The Bertz CT molecular complexity index is 663. The van der Waals surface area contributed by atoms with E-state index in [9.17, 15) is 4.79 Å². The van der Waals surface area contributed by atoms with Gasteiger partial charge >= 0.3 is 0 Å². The van der Waals surface area contributed by atoms with Crippen molar-refractivity contribution in [2.75, 3.05) is 0 Å². The number of nitriles is 1. The van der Waals surface area contributed by atoms with E-state index >= 15 is 0 Å². The minimum atomic E-state index is -0.0411. The van der Waals surface area contributed by atoms with Crippen molar-refractivity contribution in [1.82, 2.24) is 4.90 Å². The molecule has 2 aromatic rings. The third-order valence-electron chi connectivity index (χ3n) is 3.41. The highest BCUT2D eigenvalue weighted by Crippen LogP contribution is 2.17. The number of nitrogens with zero attached hydrogens (tertiary/aromatic N) is 2. The summed E-state index contributed by atoms with van der Waals surface area (Å²) in [5, 5.41) is 8.82. The van der Waals surface area contributed by atoms with Crippen molar-refractivity contribution < 1.29 is 9.21 Å². The van der Waals surface area contributed by atoms with Crippen LogP contribution in [0.1, 0.15) is 41.1 Å². The summed E-state index contributed by atoms with van der Waals surface area (Å²) in [4.78, 5) is 14.4. The molecule has 0 fully saturated rings. The summed E-state index contributed by atoms with van der Waals surface area (Å²) in [5.41, 5.74) is 2.21. The molecule has 2 rings (SSSR count). The van der Waals surface area contributed by atoms with Crippen molar-refractivity contribution in [3.05, 3.63) is 59.0 Å². The Labute approximate surface area is 124 Å². The topological polar surface area (TPSA) is 57.2 Å². The standard InChI is InChI=1S/C17H18N2O2/c1-12(2)19(17(20)16-8-9-21-13(16)3)11-15-6-4-14(10-18)5-7-15/h4-9,12H,11H2,1-3H3. The van der Waals surface area contributed by atoms with Crippen LogP contribution in [0.3, 0.4) is 0 Å². The molecular weight excluding hydrogens is 264 g/mol. The van der Waals surface area contributed by atoms with Crippen LogP contribution in [0, 0.1) is 18.3 Å². The highest BCUT2D eigenvalue weighted by atomic mass is 16.3. The number of hydrogen-bond acceptors (Lipinski definition) is 3. The van der Waals surface area contributed by atoms with Crippen LogP contribution in [0.4, 0.5) is 0 Å². The van der Waals surface area contributed by atoms with Gasteiger partial charge in [0.1, 0.15) is 5.76 Å². The maximum absolute atomic E-state index is 12.6. The van der Waals surface area contributed by atoms with E-state index in [1.165, 1.54) is 6.26 Å². The van der Waals surface area contributed by atoms with E-state index in [0.717, 1.165) is 5.56 Å². The fourth-order valence-electron chi connectivity index (χ4n) is 2.13. The van der Waals surface area contributed by atoms with Crippen molar-refractivity contribution in [2.45, 2.75) is 33.4 Å². The van der Waals surface area contributed by atoms with E-state index in [1.807, 2.05) is 26.0 Å². The molecule has 0 saturated carbocycles. The summed E-state index contributed by atoms with van der Waals surface area (Å²) < 4.78 is 5.21.